The highest BCUT2D eigenvalue weighted by atomic mass is 32.2. The largest absolute Gasteiger partial charge is 0.222 e. The first-order valence-electron chi connectivity index (χ1n) is 8.53. The van der Waals surface area contributed by atoms with E-state index in [0.29, 0.717) is 5.25 Å². The van der Waals surface area contributed by atoms with Crippen molar-refractivity contribution in [2.45, 2.75) is 37.1 Å². The Morgan fingerprint density at radius 3 is 2.60 bits per heavy atom. The highest BCUT2D eigenvalue weighted by Crippen LogP contribution is 2.28. The molecular formula is C20H20N4S. The van der Waals surface area contributed by atoms with E-state index >= 15 is 0 Å². The smallest absolute Gasteiger partial charge is 0.191 e. The standard InChI is InChI=1S/C20H20N4S/c1-14(12-13-16-8-4-3-5-9-16)25-20-22-18-11-7-6-10-17(18)19-21-15(2)23-24(19)20/h3-11,14H,12-13H2,1-2H3/t14-/m0/s1. The second-order valence-electron chi connectivity index (χ2n) is 6.26. The molecule has 25 heavy (non-hydrogen) atoms. The van der Waals surface area contributed by atoms with E-state index in [1.807, 2.05) is 29.6 Å². The van der Waals surface area contributed by atoms with Gasteiger partial charge in [-0.05, 0) is 37.5 Å². The number of para-hydroxylation sites is 1. The van der Waals surface area contributed by atoms with Crippen LogP contribution in [-0.2, 0) is 6.42 Å². The zero-order chi connectivity index (χ0) is 17.2. The van der Waals surface area contributed by atoms with Gasteiger partial charge in [0.15, 0.2) is 10.8 Å². The summed E-state index contributed by atoms with van der Waals surface area (Å²) in [6.07, 6.45) is 2.17. The number of hydrogen-bond donors (Lipinski definition) is 0. The Hall–Kier alpha value is -2.40. The first-order valence-corrected chi connectivity index (χ1v) is 9.41. The van der Waals surface area contributed by atoms with Gasteiger partial charge in [-0.1, -0.05) is 61.2 Å². The van der Waals surface area contributed by atoms with Gasteiger partial charge in [0, 0.05) is 10.6 Å². The second kappa shape index (κ2) is 6.84. The monoisotopic (exact) mass is 348 g/mol. The Kier molecular flexibility index (Phi) is 4.40. The highest BCUT2D eigenvalue weighted by Gasteiger charge is 2.15. The zero-order valence-corrected chi connectivity index (χ0v) is 15.2. The van der Waals surface area contributed by atoms with Gasteiger partial charge in [0.05, 0.1) is 5.52 Å². The summed E-state index contributed by atoms with van der Waals surface area (Å²) in [7, 11) is 0. The van der Waals surface area contributed by atoms with E-state index in [2.05, 4.69) is 53.4 Å². The molecule has 0 amide bonds. The van der Waals surface area contributed by atoms with Crippen LogP contribution < -0.4 is 0 Å². The molecule has 0 spiro atoms. The third-order valence-electron chi connectivity index (χ3n) is 4.24. The van der Waals surface area contributed by atoms with Crippen molar-refractivity contribution < 1.29 is 0 Å². The van der Waals surface area contributed by atoms with E-state index in [1.54, 1.807) is 11.8 Å². The molecular weight excluding hydrogens is 328 g/mol. The fourth-order valence-electron chi connectivity index (χ4n) is 2.96. The number of aryl methyl sites for hydroxylation is 2. The van der Waals surface area contributed by atoms with Crippen LogP contribution in [0.1, 0.15) is 24.7 Å². The minimum atomic E-state index is 0.446. The molecule has 0 radical (unpaired) electrons. The molecule has 2 aromatic heterocycles. The molecule has 4 rings (SSSR count). The maximum absolute atomic E-state index is 4.84. The lowest BCUT2D eigenvalue weighted by Crippen LogP contribution is -2.04. The van der Waals surface area contributed by atoms with E-state index in [0.717, 1.165) is 40.4 Å². The van der Waals surface area contributed by atoms with Crippen LogP contribution >= 0.6 is 11.8 Å². The van der Waals surface area contributed by atoms with Crippen LogP contribution in [-0.4, -0.2) is 24.8 Å². The second-order valence-corrected chi connectivity index (χ2v) is 7.66. The molecule has 0 N–H and O–H groups in total. The molecule has 4 aromatic rings. The van der Waals surface area contributed by atoms with Crippen molar-refractivity contribution >= 4 is 28.3 Å². The Labute approximate surface area is 151 Å². The third kappa shape index (κ3) is 3.37. The Morgan fingerprint density at radius 2 is 1.76 bits per heavy atom. The normalized spacial score (nSPS) is 12.7. The molecule has 2 aromatic carbocycles. The van der Waals surface area contributed by atoms with E-state index in [4.69, 9.17) is 4.98 Å². The van der Waals surface area contributed by atoms with Crippen molar-refractivity contribution in [3.05, 3.63) is 66.0 Å². The van der Waals surface area contributed by atoms with Crippen LogP contribution in [0.4, 0.5) is 0 Å². The molecule has 0 saturated carbocycles. The fourth-order valence-corrected chi connectivity index (χ4v) is 3.94. The molecule has 0 aliphatic carbocycles. The first kappa shape index (κ1) is 16.1. The predicted molar refractivity (Wildman–Crippen MR) is 103 cm³/mol. The topological polar surface area (TPSA) is 43.1 Å². The molecule has 0 aliphatic rings. The quantitative estimate of drug-likeness (QED) is 0.387. The van der Waals surface area contributed by atoms with Crippen molar-refractivity contribution in [2.24, 2.45) is 0 Å². The van der Waals surface area contributed by atoms with Crippen LogP contribution in [0.3, 0.4) is 0 Å². The minimum absolute atomic E-state index is 0.446. The SMILES string of the molecule is Cc1nc2c3ccccc3nc(S[C@@H](C)CCc3ccccc3)n2n1. The predicted octanol–water partition coefficient (Wildman–Crippen LogP) is 4.70. The minimum Gasteiger partial charge on any atom is -0.222 e. The summed E-state index contributed by atoms with van der Waals surface area (Å²) in [5.41, 5.74) is 3.24. The number of nitrogens with zero attached hydrogens (tertiary/aromatic N) is 4. The highest BCUT2D eigenvalue weighted by molar-refractivity contribution is 7.99. The van der Waals surface area contributed by atoms with Gasteiger partial charge < -0.3 is 0 Å². The summed E-state index contributed by atoms with van der Waals surface area (Å²) in [5, 5.41) is 6.96. The average molecular weight is 348 g/mol. The zero-order valence-electron chi connectivity index (χ0n) is 14.4. The number of aromatic nitrogens is 4. The van der Waals surface area contributed by atoms with Crippen LogP contribution in [0.5, 0.6) is 0 Å². The maximum atomic E-state index is 4.84. The summed E-state index contributed by atoms with van der Waals surface area (Å²) < 4.78 is 1.89. The molecule has 126 valence electrons. The Morgan fingerprint density at radius 1 is 1.00 bits per heavy atom. The van der Waals surface area contributed by atoms with Crippen LogP contribution in [0, 0.1) is 6.92 Å². The van der Waals surface area contributed by atoms with Crippen LogP contribution in [0.2, 0.25) is 0 Å². The van der Waals surface area contributed by atoms with Crippen LogP contribution in [0.15, 0.2) is 59.8 Å². The molecule has 0 bridgehead atoms. The van der Waals surface area contributed by atoms with E-state index in [-0.39, 0.29) is 0 Å². The lowest BCUT2D eigenvalue weighted by Gasteiger charge is -2.12. The van der Waals surface area contributed by atoms with Crippen molar-refractivity contribution in [3.8, 4) is 0 Å². The Balaban J connectivity index is 1.61. The van der Waals surface area contributed by atoms with Gasteiger partial charge in [-0.25, -0.2) is 9.97 Å². The number of rotatable bonds is 5. The average Bonchev–Trinajstić information content (AvgIpc) is 3.03. The molecule has 0 unspecified atom stereocenters. The Bertz CT molecular complexity index is 1010. The molecule has 0 fully saturated rings. The van der Waals surface area contributed by atoms with Crippen molar-refractivity contribution in [1.82, 2.24) is 19.6 Å². The van der Waals surface area contributed by atoms with Gasteiger partial charge in [0.2, 0.25) is 0 Å². The molecule has 0 saturated heterocycles. The summed E-state index contributed by atoms with van der Waals surface area (Å²) in [4.78, 5) is 9.44. The fraction of sp³-hybridized carbons (Fsp3) is 0.250. The lowest BCUT2D eigenvalue weighted by molar-refractivity contribution is 0.773. The number of benzene rings is 2. The van der Waals surface area contributed by atoms with Crippen molar-refractivity contribution in [1.29, 1.82) is 0 Å². The number of fused-ring (bicyclic) bond motifs is 3. The van der Waals surface area contributed by atoms with Gasteiger partial charge in [0.1, 0.15) is 5.82 Å². The molecule has 5 heteroatoms. The molecule has 0 aliphatic heterocycles. The lowest BCUT2D eigenvalue weighted by atomic mass is 10.1. The molecule has 4 nitrogen and oxygen atoms in total. The third-order valence-corrected chi connectivity index (χ3v) is 5.36. The van der Waals surface area contributed by atoms with E-state index < -0.39 is 0 Å². The summed E-state index contributed by atoms with van der Waals surface area (Å²) in [6, 6.07) is 18.8. The summed E-state index contributed by atoms with van der Waals surface area (Å²) >= 11 is 1.77. The van der Waals surface area contributed by atoms with Crippen molar-refractivity contribution in [2.75, 3.05) is 0 Å². The first-order chi connectivity index (χ1) is 12.2. The summed E-state index contributed by atoms with van der Waals surface area (Å²) in [5.74, 6) is 0.775. The van der Waals surface area contributed by atoms with Gasteiger partial charge in [-0.15, -0.1) is 5.10 Å². The van der Waals surface area contributed by atoms with Crippen molar-refractivity contribution in [3.63, 3.8) is 0 Å². The summed E-state index contributed by atoms with van der Waals surface area (Å²) in [6.45, 7) is 4.18. The van der Waals surface area contributed by atoms with Crippen LogP contribution in [0.25, 0.3) is 16.6 Å². The number of thioether (sulfide) groups is 1. The maximum Gasteiger partial charge on any atom is 0.191 e. The van der Waals surface area contributed by atoms with Gasteiger partial charge in [0.25, 0.3) is 0 Å². The van der Waals surface area contributed by atoms with E-state index in [1.165, 1.54) is 5.56 Å². The van der Waals surface area contributed by atoms with Gasteiger partial charge >= 0.3 is 0 Å². The molecule has 2 heterocycles. The number of hydrogen-bond acceptors (Lipinski definition) is 4. The van der Waals surface area contributed by atoms with Gasteiger partial charge in [-0.3, -0.25) is 0 Å². The van der Waals surface area contributed by atoms with E-state index in [9.17, 15) is 0 Å². The molecule has 1 atom stereocenters. The van der Waals surface area contributed by atoms with Gasteiger partial charge in [-0.2, -0.15) is 4.52 Å².